The maximum Gasteiger partial charge on any atom is 0.220 e. The number of aliphatic imine (C=N–C) groups is 2. The number of benzene rings is 1. The first-order valence-electron chi connectivity index (χ1n) is 5.65. The highest BCUT2D eigenvalue weighted by atomic mass is 35.5. The Morgan fingerprint density at radius 2 is 1.95 bits per heavy atom. The molecule has 0 saturated heterocycles. The first kappa shape index (κ1) is 15.5. The van der Waals surface area contributed by atoms with Crippen molar-refractivity contribution in [3.05, 3.63) is 28.2 Å². The molecule has 1 aromatic carbocycles. The van der Waals surface area contributed by atoms with Crippen LogP contribution in [0.5, 0.6) is 0 Å². The van der Waals surface area contributed by atoms with Crippen molar-refractivity contribution in [2.75, 3.05) is 0 Å². The normalized spacial score (nSPS) is 12.6. The third-order valence-corrected chi connectivity index (χ3v) is 2.93. The lowest BCUT2D eigenvalue weighted by Crippen LogP contribution is -2.25. The van der Waals surface area contributed by atoms with E-state index < -0.39 is 0 Å². The molecule has 19 heavy (non-hydrogen) atoms. The molecule has 0 fully saturated rings. The monoisotopic (exact) mass is 299 g/mol. The fourth-order valence-corrected chi connectivity index (χ4v) is 1.63. The van der Waals surface area contributed by atoms with Crippen LogP contribution in [0.2, 0.25) is 10.0 Å². The maximum absolute atomic E-state index is 7.39. The predicted molar refractivity (Wildman–Crippen MR) is 82.0 cm³/mol. The number of guanidine groups is 1. The summed E-state index contributed by atoms with van der Waals surface area (Å²) in [5.74, 6) is -0.0776. The minimum Gasteiger partial charge on any atom is -0.383 e. The van der Waals surface area contributed by atoms with Crippen molar-refractivity contribution in [2.24, 2.45) is 21.5 Å². The number of halogens is 2. The summed E-state index contributed by atoms with van der Waals surface area (Å²) in [4.78, 5) is 8.11. The summed E-state index contributed by atoms with van der Waals surface area (Å²) in [5, 5.41) is 8.22. The number of hydrogen-bond acceptors (Lipinski definition) is 2. The van der Waals surface area contributed by atoms with Crippen LogP contribution in [0.1, 0.15) is 19.8 Å². The fraction of sp³-hybridized carbons (Fsp3) is 0.250. The summed E-state index contributed by atoms with van der Waals surface area (Å²) < 4.78 is 0. The topological polar surface area (TPSA) is 101 Å². The predicted octanol–water partition coefficient (Wildman–Crippen LogP) is 3.12. The van der Waals surface area contributed by atoms with Gasteiger partial charge in [-0.15, -0.1) is 0 Å². The molecule has 0 saturated carbocycles. The van der Waals surface area contributed by atoms with E-state index in [9.17, 15) is 0 Å². The van der Waals surface area contributed by atoms with E-state index in [4.69, 9.17) is 40.1 Å². The largest absolute Gasteiger partial charge is 0.383 e. The van der Waals surface area contributed by atoms with Crippen molar-refractivity contribution in [3.8, 4) is 0 Å². The van der Waals surface area contributed by atoms with E-state index in [1.165, 1.54) is 0 Å². The molecule has 5 N–H and O–H groups in total. The van der Waals surface area contributed by atoms with Gasteiger partial charge >= 0.3 is 0 Å². The van der Waals surface area contributed by atoms with Gasteiger partial charge in [0.1, 0.15) is 5.84 Å². The van der Waals surface area contributed by atoms with E-state index in [0.29, 0.717) is 27.9 Å². The summed E-state index contributed by atoms with van der Waals surface area (Å²) in [6.45, 7) is 1.96. The van der Waals surface area contributed by atoms with Gasteiger partial charge in [0.05, 0.1) is 21.4 Å². The van der Waals surface area contributed by atoms with E-state index in [-0.39, 0.29) is 11.8 Å². The fourth-order valence-electron chi connectivity index (χ4n) is 1.34. The number of nitrogens with two attached hydrogens (primary N) is 2. The summed E-state index contributed by atoms with van der Waals surface area (Å²) in [5.41, 5.74) is 12.1. The summed E-state index contributed by atoms with van der Waals surface area (Å²) in [7, 11) is 0. The Kier molecular flexibility index (Phi) is 5.79. The van der Waals surface area contributed by atoms with Crippen LogP contribution in [0.15, 0.2) is 28.2 Å². The lowest BCUT2D eigenvalue weighted by Gasteiger charge is -2.03. The SMILES string of the molecule is CCCC(=NC(N)=Nc1ccc(Cl)c(Cl)c1)C(=N)N. The van der Waals surface area contributed by atoms with Crippen LogP contribution in [0, 0.1) is 5.41 Å². The Bertz CT molecular complexity index is 537. The van der Waals surface area contributed by atoms with Gasteiger partial charge in [0, 0.05) is 0 Å². The molecule has 0 unspecified atom stereocenters. The van der Waals surface area contributed by atoms with Gasteiger partial charge in [-0.3, -0.25) is 5.41 Å². The molecule has 1 aromatic rings. The molecule has 0 spiro atoms. The number of hydrogen-bond donors (Lipinski definition) is 3. The number of amidine groups is 1. The molecule has 0 atom stereocenters. The molecule has 0 aliphatic heterocycles. The second-order valence-electron chi connectivity index (χ2n) is 3.79. The van der Waals surface area contributed by atoms with Gasteiger partial charge in [-0.1, -0.05) is 36.5 Å². The number of nitrogens with zero attached hydrogens (tertiary/aromatic N) is 2. The first-order valence-corrected chi connectivity index (χ1v) is 6.40. The molecular formula is C12H15Cl2N5. The van der Waals surface area contributed by atoms with Gasteiger partial charge in [0.2, 0.25) is 5.96 Å². The van der Waals surface area contributed by atoms with Crippen LogP contribution in [-0.4, -0.2) is 17.5 Å². The highest BCUT2D eigenvalue weighted by molar-refractivity contribution is 6.42. The molecule has 0 aliphatic carbocycles. The second kappa shape index (κ2) is 7.11. The minimum absolute atomic E-state index is 0.0250. The minimum atomic E-state index is -0.103. The van der Waals surface area contributed by atoms with Gasteiger partial charge < -0.3 is 11.5 Å². The van der Waals surface area contributed by atoms with Crippen molar-refractivity contribution in [3.63, 3.8) is 0 Å². The zero-order valence-electron chi connectivity index (χ0n) is 10.5. The van der Waals surface area contributed by atoms with Gasteiger partial charge in [-0.25, -0.2) is 9.98 Å². The highest BCUT2D eigenvalue weighted by Crippen LogP contribution is 2.26. The molecule has 0 aliphatic rings. The van der Waals surface area contributed by atoms with Gasteiger partial charge in [0.25, 0.3) is 0 Å². The van der Waals surface area contributed by atoms with Crippen molar-refractivity contribution < 1.29 is 0 Å². The van der Waals surface area contributed by atoms with Crippen molar-refractivity contribution >= 4 is 46.4 Å². The van der Waals surface area contributed by atoms with Crippen LogP contribution < -0.4 is 11.5 Å². The average molecular weight is 300 g/mol. The molecule has 0 heterocycles. The van der Waals surface area contributed by atoms with Crippen LogP contribution in [0.3, 0.4) is 0 Å². The molecule has 1 rings (SSSR count). The Balaban J connectivity index is 3.00. The van der Waals surface area contributed by atoms with Crippen LogP contribution >= 0.6 is 23.2 Å². The molecule has 5 nitrogen and oxygen atoms in total. The highest BCUT2D eigenvalue weighted by Gasteiger charge is 2.04. The number of rotatable bonds is 4. The standard InChI is InChI=1S/C12H15Cl2N5/c1-2-3-10(11(15)16)19-12(17)18-7-4-5-8(13)9(14)6-7/h4-6H,2-3H2,1H3,(H3,15,16)(H2,17,18). The van der Waals surface area contributed by atoms with E-state index in [1.54, 1.807) is 18.2 Å². The first-order chi connectivity index (χ1) is 8.93. The Morgan fingerprint density at radius 3 is 2.47 bits per heavy atom. The molecule has 0 aromatic heterocycles. The maximum atomic E-state index is 7.39. The lowest BCUT2D eigenvalue weighted by molar-refractivity contribution is 0.998. The average Bonchev–Trinajstić information content (AvgIpc) is 2.33. The van der Waals surface area contributed by atoms with Crippen LogP contribution in [0.4, 0.5) is 5.69 Å². The molecule has 7 heteroatoms. The summed E-state index contributed by atoms with van der Waals surface area (Å²) in [6.07, 6.45) is 1.39. The lowest BCUT2D eigenvalue weighted by atomic mass is 10.2. The molecule has 0 bridgehead atoms. The van der Waals surface area contributed by atoms with Gasteiger partial charge in [-0.2, -0.15) is 0 Å². The van der Waals surface area contributed by atoms with Gasteiger partial charge in [0.15, 0.2) is 0 Å². The summed E-state index contributed by atoms with van der Waals surface area (Å²) in [6, 6.07) is 4.88. The quantitative estimate of drug-likeness (QED) is 0.587. The zero-order valence-corrected chi connectivity index (χ0v) is 12.0. The third-order valence-electron chi connectivity index (χ3n) is 2.19. The van der Waals surface area contributed by atoms with Crippen LogP contribution in [-0.2, 0) is 0 Å². The zero-order chi connectivity index (χ0) is 14.4. The summed E-state index contributed by atoms with van der Waals surface area (Å²) >= 11 is 11.7. The van der Waals surface area contributed by atoms with Crippen molar-refractivity contribution in [1.29, 1.82) is 5.41 Å². The smallest absolute Gasteiger partial charge is 0.220 e. The van der Waals surface area contributed by atoms with E-state index in [2.05, 4.69) is 9.98 Å². The molecular weight excluding hydrogens is 285 g/mol. The van der Waals surface area contributed by atoms with Gasteiger partial charge in [-0.05, 0) is 24.6 Å². The third kappa shape index (κ3) is 4.89. The van der Waals surface area contributed by atoms with Crippen LogP contribution in [0.25, 0.3) is 0 Å². The van der Waals surface area contributed by atoms with E-state index in [1.807, 2.05) is 6.92 Å². The van der Waals surface area contributed by atoms with Crippen molar-refractivity contribution in [1.82, 2.24) is 0 Å². The Morgan fingerprint density at radius 1 is 1.26 bits per heavy atom. The second-order valence-corrected chi connectivity index (χ2v) is 4.60. The Labute approximate surface area is 121 Å². The Hall–Kier alpha value is -1.59. The van der Waals surface area contributed by atoms with Crippen molar-refractivity contribution in [2.45, 2.75) is 19.8 Å². The van der Waals surface area contributed by atoms with E-state index >= 15 is 0 Å². The van der Waals surface area contributed by atoms with E-state index in [0.717, 1.165) is 6.42 Å². The molecule has 102 valence electrons. The molecule has 0 radical (unpaired) electrons. The number of nitrogens with one attached hydrogen (secondary N) is 1. The molecule has 0 amide bonds.